The predicted molar refractivity (Wildman–Crippen MR) is 82.3 cm³/mol. The predicted octanol–water partition coefficient (Wildman–Crippen LogP) is 0.197. The molecule has 2 rings (SSSR count). The molecule has 0 aromatic heterocycles. The van der Waals surface area contributed by atoms with Crippen molar-refractivity contribution >= 4 is 11.8 Å². The Labute approximate surface area is 139 Å². The van der Waals surface area contributed by atoms with Gasteiger partial charge in [0, 0.05) is 52.7 Å². The number of amides is 2. The zero-order valence-electron chi connectivity index (χ0n) is 13.9. The summed E-state index contributed by atoms with van der Waals surface area (Å²) in [6, 6.07) is -1.67. The van der Waals surface area contributed by atoms with E-state index in [4.69, 9.17) is 0 Å². The van der Waals surface area contributed by atoms with E-state index in [2.05, 4.69) is 10.6 Å². The van der Waals surface area contributed by atoms with E-state index in [0.717, 1.165) is 0 Å². The molecule has 2 unspecified atom stereocenters. The van der Waals surface area contributed by atoms with Crippen molar-refractivity contribution in [2.45, 2.75) is 32.0 Å². The summed E-state index contributed by atoms with van der Waals surface area (Å²) < 4.78 is 39.9. The van der Waals surface area contributed by atoms with Crippen LogP contribution in [0.3, 0.4) is 0 Å². The van der Waals surface area contributed by atoms with Gasteiger partial charge in [0.05, 0.1) is 5.92 Å². The van der Waals surface area contributed by atoms with Crippen LogP contribution < -0.4 is 10.6 Å². The summed E-state index contributed by atoms with van der Waals surface area (Å²) in [7, 11) is 0. The minimum absolute atomic E-state index is 0.110. The summed E-state index contributed by atoms with van der Waals surface area (Å²) in [5.74, 6) is -0.939. The number of likely N-dealkylation sites (tertiary alicyclic amines) is 1. The topological polar surface area (TPSA) is 64.7 Å². The number of piperidine rings is 1. The molecular weight excluding hydrogens is 325 g/mol. The largest absolute Gasteiger partial charge is 0.405 e. The Morgan fingerprint density at radius 3 is 2.50 bits per heavy atom. The van der Waals surface area contributed by atoms with Gasteiger partial charge in [0.2, 0.25) is 11.8 Å². The molecule has 2 heterocycles. The molecule has 2 amide bonds. The maximum atomic E-state index is 13.3. The highest BCUT2D eigenvalue weighted by atomic mass is 19.4. The molecule has 0 aromatic rings. The molecule has 2 N–H and O–H groups in total. The summed E-state index contributed by atoms with van der Waals surface area (Å²) in [5, 5.41) is 5.48. The Hall–Kier alpha value is -1.35. The molecule has 6 nitrogen and oxygen atoms in total. The van der Waals surface area contributed by atoms with Crippen LogP contribution in [0, 0.1) is 5.92 Å². The average Bonchev–Trinajstić information content (AvgIpc) is 2.54. The molecule has 2 aliphatic rings. The lowest BCUT2D eigenvalue weighted by atomic mass is 9.97. The summed E-state index contributed by atoms with van der Waals surface area (Å²) >= 11 is 0. The molecule has 0 aromatic carbocycles. The van der Waals surface area contributed by atoms with Crippen LogP contribution in [0.4, 0.5) is 13.2 Å². The smallest absolute Gasteiger partial charge is 0.354 e. The van der Waals surface area contributed by atoms with Gasteiger partial charge in [0.1, 0.15) is 6.04 Å². The molecule has 2 saturated heterocycles. The van der Waals surface area contributed by atoms with Crippen molar-refractivity contribution in [2.24, 2.45) is 5.92 Å². The summed E-state index contributed by atoms with van der Waals surface area (Å²) in [6.07, 6.45) is -3.10. The van der Waals surface area contributed by atoms with Gasteiger partial charge in [0.15, 0.2) is 0 Å². The SMILES string of the molecule is CC(=O)N1CCCC(C(=O)NCC(N2CCNCC2)C(F)(F)F)C1. The Morgan fingerprint density at radius 1 is 1.25 bits per heavy atom. The van der Waals surface area contributed by atoms with Crippen molar-refractivity contribution in [3.05, 3.63) is 0 Å². The first-order chi connectivity index (χ1) is 11.3. The van der Waals surface area contributed by atoms with E-state index in [9.17, 15) is 22.8 Å². The molecule has 0 bridgehead atoms. The van der Waals surface area contributed by atoms with E-state index in [0.29, 0.717) is 45.6 Å². The van der Waals surface area contributed by atoms with E-state index in [1.54, 1.807) is 4.90 Å². The zero-order chi connectivity index (χ0) is 17.7. The number of nitrogens with one attached hydrogen (secondary N) is 2. The van der Waals surface area contributed by atoms with Gasteiger partial charge in [-0.1, -0.05) is 0 Å². The van der Waals surface area contributed by atoms with E-state index < -0.39 is 30.6 Å². The second-order valence-electron chi connectivity index (χ2n) is 6.39. The van der Waals surface area contributed by atoms with Crippen molar-refractivity contribution in [1.29, 1.82) is 0 Å². The summed E-state index contributed by atoms with van der Waals surface area (Å²) in [4.78, 5) is 26.6. The maximum Gasteiger partial charge on any atom is 0.405 e. The first-order valence-corrected chi connectivity index (χ1v) is 8.33. The second-order valence-corrected chi connectivity index (χ2v) is 6.39. The van der Waals surface area contributed by atoms with E-state index in [-0.39, 0.29) is 12.5 Å². The van der Waals surface area contributed by atoms with Crippen LogP contribution >= 0.6 is 0 Å². The number of hydrogen-bond donors (Lipinski definition) is 2. The van der Waals surface area contributed by atoms with Crippen molar-refractivity contribution in [2.75, 3.05) is 45.8 Å². The molecule has 0 spiro atoms. The molecule has 2 atom stereocenters. The Morgan fingerprint density at radius 2 is 1.92 bits per heavy atom. The number of rotatable bonds is 4. The highest BCUT2D eigenvalue weighted by Gasteiger charge is 2.44. The highest BCUT2D eigenvalue weighted by Crippen LogP contribution is 2.25. The lowest BCUT2D eigenvalue weighted by Gasteiger charge is -2.36. The fourth-order valence-electron chi connectivity index (χ4n) is 3.26. The van der Waals surface area contributed by atoms with Crippen LogP contribution in [0.5, 0.6) is 0 Å². The molecule has 2 fully saturated rings. The molecule has 9 heteroatoms. The molecule has 138 valence electrons. The minimum Gasteiger partial charge on any atom is -0.354 e. The maximum absolute atomic E-state index is 13.3. The quantitative estimate of drug-likeness (QED) is 0.760. The second kappa shape index (κ2) is 8.15. The normalized spacial score (nSPS) is 24.5. The minimum atomic E-state index is -4.39. The van der Waals surface area contributed by atoms with Crippen molar-refractivity contribution in [3.63, 3.8) is 0 Å². The highest BCUT2D eigenvalue weighted by molar-refractivity contribution is 5.80. The van der Waals surface area contributed by atoms with Crippen molar-refractivity contribution in [3.8, 4) is 0 Å². The fourth-order valence-corrected chi connectivity index (χ4v) is 3.26. The third kappa shape index (κ3) is 5.07. The van der Waals surface area contributed by atoms with Crippen LogP contribution in [0.1, 0.15) is 19.8 Å². The van der Waals surface area contributed by atoms with E-state index >= 15 is 0 Å². The van der Waals surface area contributed by atoms with Gasteiger partial charge in [0.25, 0.3) is 0 Å². The Kier molecular flexibility index (Phi) is 6.45. The monoisotopic (exact) mass is 350 g/mol. The third-order valence-corrected chi connectivity index (χ3v) is 4.68. The van der Waals surface area contributed by atoms with Gasteiger partial charge in [-0.05, 0) is 12.8 Å². The molecule has 0 aliphatic carbocycles. The first-order valence-electron chi connectivity index (χ1n) is 8.33. The van der Waals surface area contributed by atoms with Crippen LogP contribution in [0.2, 0.25) is 0 Å². The average molecular weight is 350 g/mol. The number of carbonyl (C=O) groups is 2. The fraction of sp³-hybridized carbons (Fsp3) is 0.867. The van der Waals surface area contributed by atoms with Crippen LogP contribution in [0.15, 0.2) is 0 Å². The van der Waals surface area contributed by atoms with Gasteiger partial charge >= 0.3 is 6.18 Å². The molecule has 24 heavy (non-hydrogen) atoms. The molecule has 2 aliphatic heterocycles. The van der Waals surface area contributed by atoms with E-state index in [1.807, 2.05) is 0 Å². The first kappa shape index (κ1) is 19.0. The number of carbonyl (C=O) groups excluding carboxylic acids is 2. The van der Waals surface area contributed by atoms with Crippen LogP contribution in [0.25, 0.3) is 0 Å². The van der Waals surface area contributed by atoms with Crippen LogP contribution in [-0.2, 0) is 9.59 Å². The third-order valence-electron chi connectivity index (χ3n) is 4.68. The molecule has 0 saturated carbocycles. The van der Waals surface area contributed by atoms with E-state index in [1.165, 1.54) is 11.8 Å². The standard InChI is InChI=1S/C15H25F3N4O2/c1-11(23)22-6-2-3-12(10-22)14(24)20-9-13(15(16,17)18)21-7-4-19-5-8-21/h12-13,19H,2-10H2,1H3,(H,20,24). The molecule has 0 radical (unpaired) electrons. The lowest BCUT2D eigenvalue weighted by molar-refractivity contribution is -0.184. The van der Waals surface area contributed by atoms with Gasteiger partial charge in [-0.15, -0.1) is 0 Å². The zero-order valence-corrected chi connectivity index (χ0v) is 13.9. The van der Waals surface area contributed by atoms with Gasteiger partial charge in [-0.25, -0.2) is 0 Å². The van der Waals surface area contributed by atoms with Gasteiger partial charge < -0.3 is 15.5 Å². The number of nitrogens with zero attached hydrogens (tertiary/aromatic N) is 2. The van der Waals surface area contributed by atoms with Crippen molar-refractivity contribution in [1.82, 2.24) is 20.4 Å². The molecular formula is C15H25F3N4O2. The van der Waals surface area contributed by atoms with Gasteiger partial charge in [-0.2, -0.15) is 13.2 Å². The number of hydrogen-bond acceptors (Lipinski definition) is 4. The lowest BCUT2D eigenvalue weighted by Crippen LogP contribution is -2.58. The van der Waals surface area contributed by atoms with Crippen LogP contribution in [-0.4, -0.2) is 79.6 Å². The Balaban J connectivity index is 1.90. The number of piperazine rings is 1. The van der Waals surface area contributed by atoms with Crippen molar-refractivity contribution < 1.29 is 22.8 Å². The number of halogens is 3. The Bertz CT molecular complexity index is 452. The summed E-state index contributed by atoms with van der Waals surface area (Å²) in [5.41, 5.74) is 0. The summed E-state index contributed by atoms with van der Waals surface area (Å²) in [6.45, 7) is 3.51. The number of alkyl halides is 3. The van der Waals surface area contributed by atoms with Gasteiger partial charge in [-0.3, -0.25) is 14.5 Å².